The number of ether oxygens (including phenoxy) is 2. The lowest BCUT2D eigenvalue weighted by Crippen LogP contribution is -2.47. The van der Waals surface area contributed by atoms with E-state index in [0.717, 1.165) is 44.3 Å². The smallest absolute Gasteiger partial charge is 0.260 e. The molecule has 1 aliphatic carbocycles. The summed E-state index contributed by atoms with van der Waals surface area (Å²) in [7, 11) is -0.0913. The van der Waals surface area contributed by atoms with Gasteiger partial charge in [0.05, 0.1) is 24.5 Å². The van der Waals surface area contributed by atoms with Gasteiger partial charge in [0, 0.05) is 51.8 Å². The Bertz CT molecular complexity index is 766. The van der Waals surface area contributed by atoms with Gasteiger partial charge in [-0.05, 0) is 32.1 Å². The summed E-state index contributed by atoms with van der Waals surface area (Å²) in [5.41, 5.74) is 0.719. The number of aryl methyl sites for hydroxylation is 1. The lowest BCUT2D eigenvalue weighted by Gasteiger charge is -2.37. The van der Waals surface area contributed by atoms with Crippen molar-refractivity contribution in [2.75, 3.05) is 40.0 Å². The molecule has 3 heterocycles. The Kier molecular flexibility index (Phi) is 5.32. The molecule has 1 N–H and O–H groups in total. The van der Waals surface area contributed by atoms with Crippen LogP contribution in [0.1, 0.15) is 43.7 Å². The van der Waals surface area contributed by atoms with Gasteiger partial charge in [0.15, 0.2) is 5.03 Å². The summed E-state index contributed by atoms with van der Waals surface area (Å²) in [5.74, 6) is 0.444. The third kappa shape index (κ3) is 3.93. The van der Waals surface area contributed by atoms with Crippen molar-refractivity contribution >= 4 is 10.0 Å². The molecule has 0 aromatic carbocycles. The van der Waals surface area contributed by atoms with Crippen LogP contribution in [0.15, 0.2) is 11.1 Å². The van der Waals surface area contributed by atoms with Crippen LogP contribution >= 0.6 is 0 Å². The van der Waals surface area contributed by atoms with Crippen molar-refractivity contribution in [3.63, 3.8) is 0 Å². The van der Waals surface area contributed by atoms with Crippen molar-refractivity contribution < 1.29 is 17.9 Å². The van der Waals surface area contributed by atoms with Crippen LogP contribution in [0.5, 0.6) is 0 Å². The lowest BCUT2D eigenvalue weighted by atomic mass is 9.88. The Morgan fingerprint density at radius 2 is 2.11 bits per heavy atom. The normalized spacial score (nSPS) is 26.1. The zero-order chi connectivity index (χ0) is 19.1. The van der Waals surface area contributed by atoms with Crippen molar-refractivity contribution in [3.05, 3.63) is 11.8 Å². The van der Waals surface area contributed by atoms with Gasteiger partial charge in [0.1, 0.15) is 0 Å². The van der Waals surface area contributed by atoms with Crippen molar-refractivity contribution in [2.45, 2.75) is 54.7 Å². The van der Waals surface area contributed by atoms with Gasteiger partial charge in [0.2, 0.25) is 0 Å². The molecule has 4 rings (SSSR count). The van der Waals surface area contributed by atoms with Gasteiger partial charge in [0.25, 0.3) is 10.0 Å². The third-order valence-corrected chi connectivity index (χ3v) is 7.99. The predicted molar refractivity (Wildman–Crippen MR) is 100 cm³/mol. The summed E-state index contributed by atoms with van der Waals surface area (Å²) in [6, 6.07) is 2.08. The zero-order valence-corrected chi connectivity index (χ0v) is 17.0. The summed E-state index contributed by atoms with van der Waals surface area (Å²) < 4.78 is 40.5. The summed E-state index contributed by atoms with van der Waals surface area (Å²) in [6.45, 7) is 3.17. The first-order chi connectivity index (χ1) is 12.9. The molecule has 0 bridgehead atoms. The first-order valence-corrected chi connectivity index (χ1v) is 11.3. The average molecular weight is 399 g/mol. The highest BCUT2D eigenvalue weighted by Gasteiger charge is 2.45. The van der Waals surface area contributed by atoms with Gasteiger partial charge < -0.3 is 14.8 Å². The molecule has 1 saturated carbocycles. The number of aromatic nitrogens is 2. The van der Waals surface area contributed by atoms with E-state index in [1.165, 1.54) is 4.68 Å². The Labute approximate surface area is 161 Å². The van der Waals surface area contributed by atoms with E-state index >= 15 is 0 Å². The quantitative estimate of drug-likeness (QED) is 0.686. The van der Waals surface area contributed by atoms with E-state index in [1.54, 1.807) is 24.5 Å². The summed E-state index contributed by atoms with van der Waals surface area (Å²) >= 11 is 0. The molecule has 1 atom stereocenters. The molecule has 8 nitrogen and oxygen atoms in total. The number of nitrogens with one attached hydrogen (secondary N) is 1. The van der Waals surface area contributed by atoms with E-state index in [4.69, 9.17) is 9.47 Å². The first-order valence-electron chi connectivity index (χ1n) is 9.84. The Balaban J connectivity index is 1.37. The fraction of sp³-hybridized carbons (Fsp3) is 0.833. The highest BCUT2D eigenvalue weighted by atomic mass is 32.2. The lowest BCUT2D eigenvalue weighted by molar-refractivity contribution is -0.0312. The SMILES string of the molecule is COCCNC1COC2(CCN(S(=O)(=O)c3cc(C4CC4)nn3C)CC2)C1. The Morgan fingerprint density at radius 3 is 2.78 bits per heavy atom. The van der Waals surface area contributed by atoms with Crippen LogP contribution < -0.4 is 5.32 Å². The second-order valence-electron chi connectivity index (χ2n) is 8.05. The van der Waals surface area contributed by atoms with E-state index in [0.29, 0.717) is 43.3 Å². The molecule has 152 valence electrons. The second kappa shape index (κ2) is 7.44. The van der Waals surface area contributed by atoms with Crippen molar-refractivity contribution in [1.29, 1.82) is 0 Å². The minimum absolute atomic E-state index is 0.192. The molecule has 1 aromatic heterocycles. The number of nitrogens with zero attached hydrogens (tertiary/aromatic N) is 3. The van der Waals surface area contributed by atoms with Gasteiger partial charge in [-0.2, -0.15) is 9.40 Å². The standard InChI is InChI=1S/C18H30N4O4S/c1-21-17(11-16(20-21)14-3-4-14)27(23,24)22-8-5-18(6-9-22)12-15(13-26-18)19-7-10-25-2/h11,14-15,19H,3-10,12-13H2,1-2H3. The fourth-order valence-corrected chi connectivity index (χ4v) is 5.82. The van der Waals surface area contributed by atoms with Crippen LogP contribution in [-0.4, -0.2) is 74.1 Å². The molecule has 2 aliphatic heterocycles. The zero-order valence-electron chi connectivity index (χ0n) is 16.2. The maximum atomic E-state index is 13.1. The van der Waals surface area contributed by atoms with E-state index in [1.807, 2.05) is 0 Å². The van der Waals surface area contributed by atoms with E-state index in [2.05, 4.69) is 10.4 Å². The van der Waals surface area contributed by atoms with E-state index < -0.39 is 10.0 Å². The largest absolute Gasteiger partial charge is 0.383 e. The topological polar surface area (TPSA) is 85.7 Å². The van der Waals surface area contributed by atoms with Gasteiger partial charge in [-0.25, -0.2) is 8.42 Å². The van der Waals surface area contributed by atoms with Gasteiger partial charge in [-0.1, -0.05) is 0 Å². The number of rotatable bonds is 7. The highest BCUT2D eigenvalue weighted by molar-refractivity contribution is 7.89. The molecule has 3 aliphatic rings. The summed E-state index contributed by atoms with van der Waals surface area (Å²) in [5, 5.41) is 8.18. The van der Waals surface area contributed by atoms with Crippen LogP contribution in [0.2, 0.25) is 0 Å². The molecule has 0 radical (unpaired) electrons. The molecule has 2 saturated heterocycles. The summed E-state index contributed by atoms with van der Waals surface area (Å²) in [4.78, 5) is 0. The van der Waals surface area contributed by atoms with Crippen LogP contribution in [0.3, 0.4) is 0 Å². The maximum absolute atomic E-state index is 13.1. The minimum atomic E-state index is -3.51. The third-order valence-electron chi connectivity index (χ3n) is 6.04. The number of piperidine rings is 1. The Hall–Kier alpha value is -1.00. The molecule has 3 fully saturated rings. The van der Waals surface area contributed by atoms with Crippen LogP contribution in [0.25, 0.3) is 0 Å². The van der Waals surface area contributed by atoms with Crippen molar-refractivity contribution in [2.24, 2.45) is 7.05 Å². The van der Waals surface area contributed by atoms with E-state index in [-0.39, 0.29) is 5.60 Å². The molecule has 1 aromatic rings. The molecule has 1 spiro atoms. The molecule has 1 unspecified atom stereocenters. The van der Waals surface area contributed by atoms with Gasteiger partial charge >= 0.3 is 0 Å². The number of hydrogen-bond donors (Lipinski definition) is 1. The molecule has 9 heteroatoms. The molecule has 27 heavy (non-hydrogen) atoms. The maximum Gasteiger partial charge on any atom is 0.260 e. The molecule has 0 amide bonds. The van der Waals surface area contributed by atoms with Crippen LogP contribution in [0, 0.1) is 0 Å². The molecular weight excluding hydrogens is 368 g/mol. The minimum Gasteiger partial charge on any atom is -0.383 e. The number of hydrogen-bond acceptors (Lipinski definition) is 6. The Morgan fingerprint density at radius 1 is 1.37 bits per heavy atom. The second-order valence-corrected chi connectivity index (χ2v) is 9.94. The first kappa shape index (κ1) is 19.3. The average Bonchev–Trinajstić information content (AvgIpc) is 3.32. The van der Waals surface area contributed by atoms with Crippen LogP contribution in [0.4, 0.5) is 0 Å². The molecular formula is C18H30N4O4S. The number of methoxy groups -OCH3 is 1. The van der Waals surface area contributed by atoms with Crippen LogP contribution in [-0.2, 0) is 26.5 Å². The number of sulfonamides is 1. The van der Waals surface area contributed by atoms with Crippen molar-refractivity contribution in [1.82, 2.24) is 19.4 Å². The van der Waals surface area contributed by atoms with Crippen molar-refractivity contribution in [3.8, 4) is 0 Å². The van der Waals surface area contributed by atoms with E-state index in [9.17, 15) is 8.42 Å². The predicted octanol–water partition coefficient (Wildman–Crippen LogP) is 0.846. The fourth-order valence-electron chi connectivity index (χ4n) is 4.25. The van der Waals surface area contributed by atoms with Gasteiger partial charge in [-0.15, -0.1) is 0 Å². The summed E-state index contributed by atoms with van der Waals surface area (Å²) in [6.07, 6.45) is 4.63. The van der Waals surface area contributed by atoms with Gasteiger partial charge in [-0.3, -0.25) is 4.68 Å². The highest BCUT2D eigenvalue weighted by Crippen LogP contribution is 2.41. The monoisotopic (exact) mass is 398 g/mol.